The molecule has 3 aromatic rings. The lowest BCUT2D eigenvalue weighted by molar-refractivity contribution is 0.0747. The fourth-order valence-electron chi connectivity index (χ4n) is 4.24. The van der Waals surface area contributed by atoms with Gasteiger partial charge in [-0.1, -0.05) is 30.3 Å². The largest absolute Gasteiger partial charge is 0.378 e. The molecule has 1 fully saturated rings. The molecule has 35 heavy (non-hydrogen) atoms. The van der Waals surface area contributed by atoms with E-state index < -0.39 is 0 Å². The quantitative estimate of drug-likeness (QED) is 0.430. The molecule has 2 aromatic carbocycles. The Morgan fingerprint density at radius 1 is 1.11 bits per heavy atom. The lowest BCUT2D eigenvalue weighted by Gasteiger charge is -2.33. The third kappa shape index (κ3) is 6.38. The van der Waals surface area contributed by atoms with Gasteiger partial charge in [0, 0.05) is 62.9 Å². The van der Waals surface area contributed by atoms with Crippen LogP contribution in [0.25, 0.3) is 0 Å². The Kier molecular flexibility index (Phi) is 8.36. The Labute approximate surface area is 217 Å². The minimum atomic E-state index is 0.00181. The summed E-state index contributed by atoms with van der Waals surface area (Å²) in [5, 5.41) is 7.10. The molecule has 8 heteroatoms. The second-order valence-electron chi connectivity index (χ2n) is 9.01. The van der Waals surface area contributed by atoms with Crippen LogP contribution in [0.1, 0.15) is 46.7 Å². The van der Waals surface area contributed by atoms with Gasteiger partial charge in [0.1, 0.15) is 5.69 Å². The average Bonchev–Trinajstić information content (AvgIpc) is 3.38. The normalized spacial score (nSPS) is 14.0. The molecule has 1 saturated heterocycles. The van der Waals surface area contributed by atoms with Crippen molar-refractivity contribution in [3.05, 3.63) is 76.2 Å². The summed E-state index contributed by atoms with van der Waals surface area (Å²) in [7, 11) is 4.06. The van der Waals surface area contributed by atoms with Crippen LogP contribution in [0.15, 0.2) is 60.0 Å². The molecule has 1 aliphatic rings. The Hall–Kier alpha value is -2.97. The van der Waals surface area contributed by atoms with E-state index in [2.05, 4.69) is 39.4 Å². The Morgan fingerprint density at radius 3 is 2.43 bits per heavy atom. The van der Waals surface area contributed by atoms with Gasteiger partial charge in [-0.25, -0.2) is 4.98 Å². The van der Waals surface area contributed by atoms with Gasteiger partial charge in [-0.2, -0.15) is 0 Å². The van der Waals surface area contributed by atoms with Crippen LogP contribution < -0.4 is 10.2 Å². The van der Waals surface area contributed by atoms with Crippen molar-refractivity contribution in [2.45, 2.75) is 32.2 Å². The molecule has 0 radical (unpaired) electrons. The van der Waals surface area contributed by atoms with Crippen molar-refractivity contribution >= 4 is 45.9 Å². The SMILES string of the molecule is CCN(Cc1ccccc1)C(=O)c1csc(C2CCN(C(=S)Nc3ccc(N(C)C)cc3)CC2)n1. The third-order valence-corrected chi connectivity index (χ3v) is 7.76. The summed E-state index contributed by atoms with van der Waals surface area (Å²) in [4.78, 5) is 24.0. The zero-order valence-electron chi connectivity index (χ0n) is 20.6. The lowest BCUT2D eigenvalue weighted by atomic mass is 9.98. The molecular formula is C27H33N5OS2. The molecule has 1 amide bonds. The number of amides is 1. The van der Waals surface area contributed by atoms with E-state index in [1.54, 1.807) is 11.3 Å². The molecule has 0 atom stereocenters. The Bertz CT molecular complexity index is 1120. The number of carbonyl (C=O) groups excluding carboxylic acids is 1. The molecule has 184 valence electrons. The van der Waals surface area contributed by atoms with Gasteiger partial charge in [-0.05, 0) is 61.8 Å². The highest BCUT2D eigenvalue weighted by atomic mass is 32.1. The maximum Gasteiger partial charge on any atom is 0.273 e. The highest BCUT2D eigenvalue weighted by Gasteiger charge is 2.26. The zero-order chi connectivity index (χ0) is 24.8. The first-order valence-electron chi connectivity index (χ1n) is 12.1. The van der Waals surface area contributed by atoms with Crippen molar-refractivity contribution in [1.29, 1.82) is 0 Å². The van der Waals surface area contributed by atoms with Crippen LogP contribution in [0.4, 0.5) is 11.4 Å². The van der Waals surface area contributed by atoms with Gasteiger partial charge in [0.05, 0.1) is 5.01 Å². The maximum absolute atomic E-state index is 13.1. The predicted octanol–water partition coefficient (Wildman–Crippen LogP) is 5.45. The number of hydrogen-bond acceptors (Lipinski definition) is 5. The van der Waals surface area contributed by atoms with E-state index in [1.165, 1.54) is 0 Å². The van der Waals surface area contributed by atoms with Crippen molar-refractivity contribution in [2.75, 3.05) is 43.9 Å². The summed E-state index contributed by atoms with van der Waals surface area (Å²) in [5.74, 6) is 0.367. The van der Waals surface area contributed by atoms with Crippen molar-refractivity contribution in [3.8, 4) is 0 Å². The fourth-order valence-corrected chi connectivity index (χ4v) is 5.51. The highest BCUT2D eigenvalue weighted by molar-refractivity contribution is 7.80. The standard InChI is InChI=1S/C27H33N5OS2/c1-4-31(18-20-8-6-5-7-9-20)26(33)24-19-35-25(29-24)21-14-16-32(17-15-21)27(34)28-22-10-12-23(13-11-22)30(2)3/h5-13,19,21H,4,14-18H2,1-3H3,(H,28,34). The Morgan fingerprint density at radius 2 is 1.80 bits per heavy atom. The number of anilines is 2. The third-order valence-electron chi connectivity index (χ3n) is 6.39. The summed E-state index contributed by atoms with van der Waals surface area (Å²) >= 11 is 7.28. The summed E-state index contributed by atoms with van der Waals surface area (Å²) in [6.45, 7) is 5.02. The van der Waals surface area contributed by atoms with Crippen LogP contribution in [0.3, 0.4) is 0 Å². The Balaban J connectivity index is 1.30. The number of nitrogens with zero attached hydrogens (tertiary/aromatic N) is 4. The number of aromatic nitrogens is 1. The zero-order valence-corrected chi connectivity index (χ0v) is 22.2. The fraction of sp³-hybridized carbons (Fsp3) is 0.370. The van der Waals surface area contributed by atoms with Gasteiger partial charge in [-0.15, -0.1) is 11.3 Å². The topological polar surface area (TPSA) is 51.7 Å². The number of thiazole rings is 1. The predicted molar refractivity (Wildman–Crippen MR) is 150 cm³/mol. The number of likely N-dealkylation sites (tertiary alicyclic amines) is 1. The number of benzene rings is 2. The first-order chi connectivity index (χ1) is 16.9. The van der Waals surface area contributed by atoms with Crippen LogP contribution in [0, 0.1) is 0 Å². The molecule has 1 aromatic heterocycles. The molecule has 2 heterocycles. The van der Waals surface area contributed by atoms with Crippen LogP contribution in [0.5, 0.6) is 0 Å². The number of thiocarbonyl (C=S) groups is 1. The summed E-state index contributed by atoms with van der Waals surface area (Å²) in [6.07, 6.45) is 1.95. The van der Waals surface area contributed by atoms with Gasteiger partial charge in [0.25, 0.3) is 5.91 Å². The summed E-state index contributed by atoms with van der Waals surface area (Å²) < 4.78 is 0. The second-order valence-corrected chi connectivity index (χ2v) is 10.3. The van der Waals surface area contributed by atoms with E-state index in [0.717, 1.165) is 53.0 Å². The van der Waals surface area contributed by atoms with E-state index in [9.17, 15) is 4.79 Å². The molecule has 0 unspecified atom stereocenters. The van der Waals surface area contributed by atoms with Gasteiger partial charge in [0.2, 0.25) is 0 Å². The van der Waals surface area contributed by atoms with E-state index in [4.69, 9.17) is 17.2 Å². The number of hydrogen-bond donors (Lipinski definition) is 1. The van der Waals surface area contributed by atoms with Crippen LogP contribution >= 0.6 is 23.6 Å². The van der Waals surface area contributed by atoms with E-state index in [-0.39, 0.29) is 5.91 Å². The van der Waals surface area contributed by atoms with Crippen LogP contribution in [0.2, 0.25) is 0 Å². The number of piperidine rings is 1. The summed E-state index contributed by atoms with van der Waals surface area (Å²) in [5.41, 5.74) is 3.85. The average molecular weight is 508 g/mol. The molecular weight excluding hydrogens is 474 g/mol. The van der Waals surface area contributed by atoms with Gasteiger partial charge >= 0.3 is 0 Å². The van der Waals surface area contributed by atoms with E-state index in [0.29, 0.717) is 24.7 Å². The molecule has 4 rings (SSSR count). The molecule has 0 bridgehead atoms. The molecule has 1 aliphatic heterocycles. The van der Waals surface area contributed by atoms with Crippen LogP contribution in [-0.2, 0) is 6.54 Å². The number of rotatable bonds is 7. The van der Waals surface area contributed by atoms with Crippen molar-refractivity contribution in [3.63, 3.8) is 0 Å². The van der Waals surface area contributed by atoms with Gasteiger partial charge in [0.15, 0.2) is 5.11 Å². The molecule has 0 spiro atoms. The first kappa shape index (κ1) is 25.1. The number of nitrogens with one attached hydrogen (secondary N) is 1. The lowest BCUT2D eigenvalue weighted by Crippen LogP contribution is -2.40. The molecule has 1 N–H and O–H groups in total. The smallest absolute Gasteiger partial charge is 0.273 e. The molecule has 0 saturated carbocycles. The molecule has 0 aliphatic carbocycles. The second kappa shape index (κ2) is 11.6. The van der Waals surface area contributed by atoms with Crippen LogP contribution in [-0.4, -0.2) is 59.5 Å². The van der Waals surface area contributed by atoms with Crippen molar-refractivity contribution in [2.24, 2.45) is 0 Å². The van der Waals surface area contributed by atoms with Gasteiger partial charge < -0.3 is 20.0 Å². The maximum atomic E-state index is 13.1. The monoisotopic (exact) mass is 507 g/mol. The van der Waals surface area contributed by atoms with E-state index >= 15 is 0 Å². The summed E-state index contributed by atoms with van der Waals surface area (Å²) in [6, 6.07) is 18.4. The van der Waals surface area contributed by atoms with Crippen molar-refractivity contribution in [1.82, 2.24) is 14.8 Å². The highest BCUT2D eigenvalue weighted by Crippen LogP contribution is 2.31. The minimum Gasteiger partial charge on any atom is -0.378 e. The van der Waals surface area contributed by atoms with E-state index in [1.807, 2.05) is 61.6 Å². The van der Waals surface area contributed by atoms with Crippen molar-refractivity contribution < 1.29 is 4.79 Å². The van der Waals surface area contributed by atoms with Gasteiger partial charge in [-0.3, -0.25) is 4.79 Å². The molecule has 6 nitrogen and oxygen atoms in total. The number of carbonyl (C=O) groups is 1. The first-order valence-corrected chi connectivity index (χ1v) is 13.3. The minimum absolute atomic E-state index is 0.00181.